The predicted molar refractivity (Wildman–Crippen MR) is 94.2 cm³/mol. The predicted octanol–water partition coefficient (Wildman–Crippen LogP) is 3.75. The maximum atomic E-state index is 12.9. The zero-order valence-corrected chi connectivity index (χ0v) is 14.6. The van der Waals surface area contributed by atoms with Crippen molar-refractivity contribution in [3.8, 4) is 11.4 Å². The molecule has 3 rings (SSSR count). The van der Waals surface area contributed by atoms with Gasteiger partial charge in [-0.05, 0) is 43.9 Å². The minimum Gasteiger partial charge on any atom is -0.293 e. The first kappa shape index (κ1) is 15.5. The van der Waals surface area contributed by atoms with Crippen LogP contribution in [0.25, 0.3) is 16.9 Å². The van der Waals surface area contributed by atoms with Crippen molar-refractivity contribution < 1.29 is 0 Å². The van der Waals surface area contributed by atoms with E-state index >= 15 is 0 Å². The Balaban J connectivity index is 2.39. The van der Waals surface area contributed by atoms with Crippen molar-refractivity contribution in [3.63, 3.8) is 0 Å². The first-order chi connectivity index (χ1) is 10.8. The fraction of sp³-hybridized carbons (Fsp3) is 0.368. The van der Waals surface area contributed by atoms with Gasteiger partial charge in [-0.25, -0.2) is 4.52 Å². The van der Waals surface area contributed by atoms with Gasteiger partial charge in [0, 0.05) is 18.3 Å². The average Bonchev–Trinajstić information content (AvgIpc) is 2.81. The van der Waals surface area contributed by atoms with E-state index < -0.39 is 0 Å². The normalized spacial score (nSPS) is 11.6. The zero-order valence-electron chi connectivity index (χ0n) is 14.6. The Hall–Kier alpha value is -2.36. The number of aromatic nitrogens is 3. The van der Waals surface area contributed by atoms with Crippen molar-refractivity contribution in [2.45, 2.75) is 40.5 Å². The van der Waals surface area contributed by atoms with Crippen molar-refractivity contribution in [1.82, 2.24) is 14.2 Å². The van der Waals surface area contributed by atoms with Gasteiger partial charge in [0.25, 0.3) is 5.56 Å². The maximum absolute atomic E-state index is 12.9. The third-order valence-electron chi connectivity index (χ3n) is 4.45. The summed E-state index contributed by atoms with van der Waals surface area (Å²) in [4.78, 5) is 12.9. The third-order valence-corrected chi connectivity index (χ3v) is 4.45. The monoisotopic (exact) mass is 309 g/mol. The van der Waals surface area contributed by atoms with Gasteiger partial charge in [0.2, 0.25) is 0 Å². The molecule has 2 aromatic heterocycles. The van der Waals surface area contributed by atoms with Crippen LogP contribution >= 0.6 is 0 Å². The van der Waals surface area contributed by atoms with Gasteiger partial charge in [-0.2, -0.15) is 0 Å². The van der Waals surface area contributed by atoms with E-state index in [9.17, 15) is 4.79 Å². The lowest BCUT2D eigenvalue weighted by atomic mass is 10.0. The SMILES string of the molecule is Cc1ccc(-c2nn3c(C)cc(C(C)C)c3c(=O)n2C)c(C)c1. The lowest BCUT2D eigenvalue weighted by molar-refractivity contribution is 0.762. The molecule has 1 aromatic carbocycles. The van der Waals surface area contributed by atoms with Gasteiger partial charge < -0.3 is 0 Å². The number of nitrogens with zero attached hydrogens (tertiary/aromatic N) is 3. The van der Waals surface area contributed by atoms with Crippen LogP contribution in [0, 0.1) is 20.8 Å². The van der Waals surface area contributed by atoms with Gasteiger partial charge in [-0.3, -0.25) is 9.36 Å². The van der Waals surface area contributed by atoms with Crippen LogP contribution in [0.15, 0.2) is 29.1 Å². The number of benzene rings is 1. The van der Waals surface area contributed by atoms with Gasteiger partial charge in [0.1, 0.15) is 5.52 Å². The van der Waals surface area contributed by atoms with Crippen molar-refractivity contribution in [2.75, 3.05) is 0 Å². The molecule has 0 aliphatic heterocycles. The van der Waals surface area contributed by atoms with Crippen molar-refractivity contribution in [3.05, 3.63) is 57.0 Å². The number of rotatable bonds is 2. The van der Waals surface area contributed by atoms with Crippen LogP contribution in [0.4, 0.5) is 0 Å². The summed E-state index contributed by atoms with van der Waals surface area (Å²) < 4.78 is 3.46. The highest BCUT2D eigenvalue weighted by Gasteiger charge is 2.18. The lowest BCUT2D eigenvalue weighted by Gasteiger charge is -2.12. The first-order valence-electron chi connectivity index (χ1n) is 7.98. The fourth-order valence-corrected chi connectivity index (χ4v) is 3.15. The molecular formula is C19H23N3O. The average molecular weight is 309 g/mol. The summed E-state index contributed by atoms with van der Waals surface area (Å²) in [5.41, 5.74) is 6.07. The minimum atomic E-state index is 0.00627. The molecule has 2 heterocycles. The molecule has 0 aliphatic carbocycles. The van der Waals surface area contributed by atoms with Gasteiger partial charge in [0.15, 0.2) is 5.82 Å². The van der Waals surface area contributed by atoms with Crippen molar-refractivity contribution in [2.24, 2.45) is 7.05 Å². The standard InChI is InChI=1S/C19H23N3O/c1-11(2)16-10-14(5)22-17(16)19(23)21(6)18(20-22)15-8-7-12(3)9-13(15)4/h7-11H,1-6H3. The Kier molecular flexibility index (Phi) is 3.63. The minimum absolute atomic E-state index is 0.00627. The van der Waals surface area contributed by atoms with E-state index in [4.69, 9.17) is 5.10 Å². The van der Waals surface area contributed by atoms with E-state index in [1.807, 2.05) is 13.0 Å². The Labute approximate surface area is 136 Å². The van der Waals surface area contributed by atoms with E-state index in [1.54, 1.807) is 16.1 Å². The molecule has 0 bridgehead atoms. The summed E-state index contributed by atoms with van der Waals surface area (Å²) in [6, 6.07) is 8.29. The highest BCUT2D eigenvalue weighted by Crippen LogP contribution is 2.25. The third kappa shape index (κ3) is 2.38. The molecule has 0 fully saturated rings. The van der Waals surface area contributed by atoms with Crippen molar-refractivity contribution in [1.29, 1.82) is 0 Å². The number of hydrogen-bond donors (Lipinski definition) is 0. The first-order valence-corrected chi connectivity index (χ1v) is 7.98. The number of fused-ring (bicyclic) bond motifs is 1. The van der Waals surface area contributed by atoms with E-state index in [1.165, 1.54) is 5.56 Å². The molecule has 0 unspecified atom stereocenters. The van der Waals surface area contributed by atoms with E-state index in [0.29, 0.717) is 17.3 Å². The summed E-state index contributed by atoms with van der Waals surface area (Å²) in [5, 5.41) is 4.78. The van der Waals surface area contributed by atoms with E-state index in [2.05, 4.69) is 45.9 Å². The van der Waals surface area contributed by atoms with Crippen LogP contribution in [0.3, 0.4) is 0 Å². The second kappa shape index (κ2) is 5.37. The van der Waals surface area contributed by atoms with Crippen LogP contribution in [0.5, 0.6) is 0 Å². The molecule has 0 amide bonds. The molecule has 0 radical (unpaired) electrons. The fourth-order valence-electron chi connectivity index (χ4n) is 3.15. The Morgan fingerprint density at radius 1 is 1.09 bits per heavy atom. The molecule has 0 saturated carbocycles. The second-order valence-electron chi connectivity index (χ2n) is 6.66. The van der Waals surface area contributed by atoms with Crippen LogP contribution in [0.2, 0.25) is 0 Å². The molecule has 4 heteroatoms. The molecular weight excluding hydrogens is 286 g/mol. The quantitative estimate of drug-likeness (QED) is 0.723. The van der Waals surface area contributed by atoms with Crippen LogP contribution in [-0.2, 0) is 7.05 Å². The Morgan fingerprint density at radius 3 is 2.39 bits per heavy atom. The van der Waals surface area contributed by atoms with Crippen LogP contribution in [-0.4, -0.2) is 14.2 Å². The van der Waals surface area contributed by atoms with Gasteiger partial charge in [-0.1, -0.05) is 37.6 Å². The molecule has 120 valence electrons. The zero-order chi connectivity index (χ0) is 16.9. The highest BCUT2D eigenvalue weighted by atomic mass is 16.1. The van der Waals surface area contributed by atoms with E-state index in [0.717, 1.165) is 22.4 Å². The maximum Gasteiger partial charge on any atom is 0.278 e. The summed E-state index contributed by atoms with van der Waals surface area (Å²) >= 11 is 0. The molecule has 23 heavy (non-hydrogen) atoms. The highest BCUT2D eigenvalue weighted by molar-refractivity contribution is 5.64. The summed E-state index contributed by atoms with van der Waals surface area (Å²) in [6.45, 7) is 10.3. The summed E-state index contributed by atoms with van der Waals surface area (Å²) in [5.74, 6) is 0.995. The molecule has 4 nitrogen and oxygen atoms in total. The largest absolute Gasteiger partial charge is 0.293 e. The topological polar surface area (TPSA) is 39.3 Å². The molecule has 0 saturated heterocycles. The smallest absolute Gasteiger partial charge is 0.278 e. The summed E-state index contributed by atoms with van der Waals surface area (Å²) in [6.07, 6.45) is 0. The lowest BCUT2D eigenvalue weighted by Crippen LogP contribution is -2.24. The van der Waals surface area contributed by atoms with Crippen molar-refractivity contribution >= 4 is 5.52 Å². The second-order valence-corrected chi connectivity index (χ2v) is 6.66. The number of aryl methyl sites for hydroxylation is 3. The molecule has 0 aliphatic rings. The van der Waals surface area contributed by atoms with Gasteiger partial charge >= 0.3 is 0 Å². The van der Waals surface area contributed by atoms with Crippen LogP contribution < -0.4 is 5.56 Å². The summed E-state index contributed by atoms with van der Waals surface area (Å²) in [7, 11) is 1.80. The van der Waals surface area contributed by atoms with Crippen LogP contribution in [0.1, 0.15) is 42.1 Å². The molecule has 0 atom stereocenters. The number of hydrogen-bond acceptors (Lipinski definition) is 2. The molecule has 0 N–H and O–H groups in total. The van der Waals surface area contributed by atoms with Gasteiger partial charge in [-0.15, -0.1) is 5.10 Å². The Morgan fingerprint density at radius 2 is 1.78 bits per heavy atom. The Bertz CT molecular complexity index is 961. The molecule has 0 spiro atoms. The van der Waals surface area contributed by atoms with Gasteiger partial charge in [0.05, 0.1) is 0 Å². The molecule has 3 aromatic rings. The van der Waals surface area contributed by atoms with E-state index in [-0.39, 0.29) is 5.56 Å².